The monoisotopic (exact) mass is 169 g/mol. The van der Waals surface area contributed by atoms with Gasteiger partial charge in [-0.3, -0.25) is 9.59 Å². The van der Waals surface area contributed by atoms with Crippen molar-refractivity contribution >= 4 is 11.7 Å². The van der Waals surface area contributed by atoms with Gasteiger partial charge in [-0.05, 0) is 12.8 Å². The van der Waals surface area contributed by atoms with E-state index in [1.54, 1.807) is 0 Å². The van der Waals surface area contributed by atoms with Crippen molar-refractivity contribution in [1.29, 1.82) is 0 Å². The average molecular weight is 169 g/mol. The van der Waals surface area contributed by atoms with Crippen molar-refractivity contribution in [2.24, 2.45) is 0 Å². The van der Waals surface area contributed by atoms with E-state index in [2.05, 4.69) is 0 Å². The van der Waals surface area contributed by atoms with Gasteiger partial charge in [0.15, 0.2) is 5.78 Å². The van der Waals surface area contributed by atoms with Crippen molar-refractivity contribution in [3.05, 3.63) is 0 Å². The second kappa shape index (κ2) is 2.07. The molecule has 2 rings (SSSR count). The van der Waals surface area contributed by atoms with Crippen LogP contribution >= 0.6 is 0 Å². The first-order valence-corrected chi connectivity index (χ1v) is 4.08. The normalized spacial score (nSPS) is 39.3. The summed E-state index contributed by atoms with van der Waals surface area (Å²) in [5.41, 5.74) is -1.19. The summed E-state index contributed by atoms with van der Waals surface area (Å²) < 4.78 is 0. The van der Waals surface area contributed by atoms with E-state index in [9.17, 15) is 14.7 Å². The van der Waals surface area contributed by atoms with Gasteiger partial charge >= 0.3 is 0 Å². The standard InChI is InChI=1S/C8H11NO3/c1-5(10)9-4-7(11)8(12)3-2-6(8)9/h6,12H,2-4H2,1H3. The number of hydrogen-bond donors (Lipinski definition) is 1. The van der Waals surface area contributed by atoms with Crippen LogP contribution in [0.15, 0.2) is 0 Å². The zero-order valence-corrected chi connectivity index (χ0v) is 6.91. The highest BCUT2D eigenvalue weighted by atomic mass is 16.3. The molecular weight excluding hydrogens is 158 g/mol. The van der Waals surface area contributed by atoms with E-state index in [4.69, 9.17) is 0 Å². The fraction of sp³-hybridized carbons (Fsp3) is 0.750. The molecule has 1 saturated carbocycles. The van der Waals surface area contributed by atoms with Crippen molar-refractivity contribution in [2.45, 2.75) is 31.4 Å². The minimum absolute atomic E-state index is 0.0937. The Hall–Kier alpha value is -0.900. The molecule has 1 saturated heterocycles. The predicted molar refractivity (Wildman–Crippen MR) is 40.4 cm³/mol. The smallest absolute Gasteiger partial charge is 0.220 e. The zero-order chi connectivity index (χ0) is 8.93. The van der Waals surface area contributed by atoms with Crippen LogP contribution in [0.3, 0.4) is 0 Å². The number of ketones is 1. The van der Waals surface area contributed by atoms with Crippen LogP contribution < -0.4 is 0 Å². The molecule has 4 nitrogen and oxygen atoms in total. The Morgan fingerprint density at radius 1 is 1.75 bits per heavy atom. The quantitative estimate of drug-likeness (QED) is 0.522. The molecule has 2 aliphatic rings. The Labute approximate surface area is 70.2 Å². The average Bonchev–Trinajstić information content (AvgIpc) is 2.12. The Bertz CT molecular complexity index is 263. The van der Waals surface area contributed by atoms with Crippen LogP contribution in [0.2, 0.25) is 0 Å². The van der Waals surface area contributed by atoms with E-state index in [1.165, 1.54) is 11.8 Å². The van der Waals surface area contributed by atoms with Crippen molar-refractivity contribution in [2.75, 3.05) is 6.54 Å². The molecule has 4 heteroatoms. The van der Waals surface area contributed by atoms with Gasteiger partial charge in [-0.15, -0.1) is 0 Å². The molecule has 0 spiro atoms. The van der Waals surface area contributed by atoms with E-state index in [-0.39, 0.29) is 24.3 Å². The molecule has 66 valence electrons. The van der Waals surface area contributed by atoms with Crippen LogP contribution in [0.25, 0.3) is 0 Å². The van der Waals surface area contributed by atoms with E-state index in [0.29, 0.717) is 6.42 Å². The first-order chi connectivity index (χ1) is 5.55. The molecule has 1 aliphatic carbocycles. The molecule has 12 heavy (non-hydrogen) atoms. The molecular formula is C8H11NO3. The SMILES string of the molecule is CC(=O)N1CC(=O)C2(O)CCC12. The lowest BCUT2D eigenvalue weighted by Crippen LogP contribution is -2.56. The molecule has 0 aromatic carbocycles. The predicted octanol–water partition coefficient (Wildman–Crippen LogP) is -0.689. The van der Waals surface area contributed by atoms with Crippen molar-refractivity contribution in [3.63, 3.8) is 0 Å². The molecule has 1 aliphatic heterocycles. The molecule has 1 heterocycles. The first-order valence-electron chi connectivity index (χ1n) is 4.08. The number of nitrogens with zero attached hydrogens (tertiary/aromatic N) is 1. The molecule has 1 N–H and O–H groups in total. The van der Waals surface area contributed by atoms with E-state index < -0.39 is 5.60 Å². The van der Waals surface area contributed by atoms with E-state index in [1.807, 2.05) is 0 Å². The zero-order valence-electron chi connectivity index (χ0n) is 6.91. The third-order valence-electron chi connectivity index (χ3n) is 2.93. The fourth-order valence-corrected chi connectivity index (χ4v) is 2.02. The van der Waals surface area contributed by atoms with Crippen LogP contribution in [-0.2, 0) is 9.59 Å². The van der Waals surface area contributed by atoms with Crippen LogP contribution in [0.1, 0.15) is 19.8 Å². The van der Waals surface area contributed by atoms with Crippen molar-refractivity contribution in [3.8, 4) is 0 Å². The van der Waals surface area contributed by atoms with Crippen LogP contribution in [-0.4, -0.2) is 39.9 Å². The lowest BCUT2D eigenvalue weighted by atomic mass is 9.75. The Balaban J connectivity index is 2.26. The highest BCUT2D eigenvalue weighted by Gasteiger charge is 2.59. The second-order valence-corrected chi connectivity index (χ2v) is 3.55. The van der Waals surface area contributed by atoms with Gasteiger partial charge in [-0.1, -0.05) is 0 Å². The van der Waals surface area contributed by atoms with Crippen LogP contribution in [0.4, 0.5) is 0 Å². The summed E-state index contributed by atoms with van der Waals surface area (Å²) in [4.78, 5) is 23.7. The van der Waals surface area contributed by atoms with Gasteiger partial charge in [0.2, 0.25) is 5.91 Å². The number of Topliss-reactive ketones (excluding diaryl/α,β-unsaturated/α-hetero) is 1. The third-order valence-corrected chi connectivity index (χ3v) is 2.93. The third kappa shape index (κ3) is 0.705. The summed E-state index contributed by atoms with van der Waals surface area (Å²) in [6.07, 6.45) is 1.27. The fourth-order valence-electron chi connectivity index (χ4n) is 2.02. The Kier molecular flexibility index (Phi) is 1.33. The lowest BCUT2D eigenvalue weighted by molar-refractivity contribution is -0.146. The van der Waals surface area contributed by atoms with Gasteiger partial charge in [0.1, 0.15) is 5.60 Å². The largest absolute Gasteiger partial charge is 0.380 e. The summed E-state index contributed by atoms with van der Waals surface area (Å²) in [5.74, 6) is -0.321. The molecule has 0 bridgehead atoms. The van der Waals surface area contributed by atoms with E-state index >= 15 is 0 Å². The maximum absolute atomic E-state index is 11.2. The number of carbonyl (C=O) groups is 2. The number of rotatable bonds is 0. The first kappa shape index (κ1) is 7.73. The van der Waals surface area contributed by atoms with Gasteiger partial charge in [0.05, 0.1) is 12.6 Å². The van der Waals surface area contributed by atoms with E-state index in [0.717, 1.165) is 6.42 Å². The second-order valence-electron chi connectivity index (χ2n) is 3.55. The van der Waals surface area contributed by atoms with Gasteiger partial charge in [0.25, 0.3) is 0 Å². The molecule has 0 radical (unpaired) electrons. The molecule has 2 unspecified atom stereocenters. The van der Waals surface area contributed by atoms with Crippen LogP contribution in [0, 0.1) is 0 Å². The maximum Gasteiger partial charge on any atom is 0.220 e. The lowest BCUT2D eigenvalue weighted by Gasteiger charge is -2.41. The maximum atomic E-state index is 11.2. The molecule has 0 aromatic heterocycles. The highest BCUT2D eigenvalue weighted by Crippen LogP contribution is 2.41. The number of likely N-dealkylation sites (tertiary alicyclic amines) is 1. The Morgan fingerprint density at radius 3 is 2.67 bits per heavy atom. The molecule has 2 atom stereocenters. The van der Waals surface area contributed by atoms with Crippen LogP contribution in [0.5, 0.6) is 0 Å². The molecule has 2 fully saturated rings. The molecule has 1 amide bonds. The topological polar surface area (TPSA) is 57.6 Å². The minimum atomic E-state index is -1.19. The van der Waals surface area contributed by atoms with Gasteiger partial charge in [-0.2, -0.15) is 0 Å². The minimum Gasteiger partial charge on any atom is -0.380 e. The summed E-state index contributed by atoms with van der Waals surface area (Å²) >= 11 is 0. The summed E-state index contributed by atoms with van der Waals surface area (Å²) in [6, 6.07) is -0.234. The van der Waals surface area contributed by atoms with Crippen molar-refractivity contribution < 1.29 is 14.7 Å². The van der Waals surface area contributed by atoms with Gasteiger partial charge in [0, 0.05) is 6.92 Å². The summed E-state index contributed by atoms with van der Waals surface area (Å²) in [5, 5.41) is 9.69. The number of carbonyl (C=O) groups excluding carboxylic acids is 2. The number of aliphatic hydroxyl groups is 1. The highest BCUT2D eigenvalue weighted by molar-refractivity contribution is 5.97. The number of fused-ring (bicyclic) bond motifs is 1. The summed E-state index contributed by atoms with van der Waals surface area (Å²) in [7, 11) is 0. The van der Waals surface area contributed by atoms with Gasteiger partial charge in [-0.25, -0.2) is 0 Å². The Morgan fingerprint density at radius 2 is 2.42 bits per heavy atom. The van der Waals surface area contributed by atoms with Gasteiger partial charge < -0.3 is 10.0 Å². The number of hydrogen-bond acceptors (Lipinski definition) is 3. The number of amides is 1. The summed E-state index contributed by atoms with van der Waals surface area (Å²) in [6.45, 7) is 1.52. The van der Waals surface area contributed by atoms with Crippen molar-refractivity contribution in [1.82, 2.24) is 4.90 Å². The molecule has 0 aromatic rings.